The van der Waals surface area contributed by atoms with Gasteiger partial charge in [-0.3, -0.25) is 9.35 Å². The lowest BCUT2D eigenvalue weighted by Gasteiger charge is -2.41. The van der Waals surface area contributed by atoms with E-state index in [1.807, 2.05) is 0 Å². The van der Waals surface area contributed by atoms with E-state index < -0.39 is 59.8 Å². The van der Waals surface area contributed by atoms with Crippen LogP contribution in [0.1, 0.15) is 181 Å². The molecule has 0 spiro atoms. The van der Waals surface area contributed by atoms with Crippen molar-refractivity contribution >= 4 is 16.4 Å². The normalized spacial score (nSPS) is 21.4. The summed E-state index contributed by atoms with van der Waals surface area (Å²) in [5, 5.41) is 30.4. The maximum Gasteiger partial charge on any atom is 0.397 e. The highest BCUT2D eigenvalue weighted by Crippen LogP contribution is 2.26. The number of hydrogen-bond acceptors (Lipinski definition) is 11. The molecule has 0 bridgehead atoms. The number of ether oxygens (including phenoxy) is 4. The number of carbonyl (C=O) groups is 1. The fourth-order valence-electron chi connectivity index (χ4n) is 6.56. The lowest BCUT2D eigenvalue weighted by atomic mass is 9.99. The summed E-state index contributed by atoms with van der Waals surface area (Å²) in [6, 6.07) is 0. The van der Waals surface area contributed by atoms with Crippen LogP contribution in [-0.2, 0) is 38.3 Å². The minimum absolute atomic E-state index is 0.0422. The topological polar surface area (TPSA) is 178 Å². The van der Waals surface area contributed by atoms with E-state index in [2.05, 4.69) is 18.0 Å². The number of hydrogen-bond donors (Lipinski definition) is 4. The van der Waals surface area contributed by atoms with Crippen molar-refractivity contribution in [3.05, 3.63) is 0 Å². The van der Waals surface area contributed by atoms with Gasteiger partial charge in [0.15, 0.2) is 6.29 Å². The number of carbonyl (C=O) groups excluding carboxylic acids is 1. The van der Waals surface area contributed by atoms with Crippen LogP contribution in [0.4, 0.5) is 0 Å². The molecule has 1 fully saturated rings. The number of rotatable bonds is 36. The summed E-state index contributed by atoms with van der Waals surface area (Å²) in [4.78, 5) is 12.6. The van der Waals surface area contributed by atoms with E-state index in [1.165, 1.54) is 109 Å². The minimum atomic E-state index is -5.05. The Kier molecular flexibility index (Phi) is 30.6. The van der Waals surface area contributed by atoms with E-state index in [0.29, 0.717) is 13.0 Å². The maximum absolute atomic E-state index is 12.6. The molecule has 0 aromatic rings. The summed E-state index contributed by atoms with van der Waals surface area (Å²) in [6.07, 6.45) is 22.0. The average molecular weight is 769 g/mol. The SMILES string of the molecule is CCCCCCCCCCCCCCCCCCCCCCOCC(COC1OC(CO)C(O)C(OS(=O)(=O)O)C1O)OC(=O)CCCCCCC. The average Bonchev–Trinajstić information content (AvgIpc) is 3.11. The Bertz CT molecular complexity index is 936. The van der Waals surface area contributed by atoms with E-state index in [-0.39, 0.29) is 19.6 Å². The molecule has 0 aromatic heterocycles. The highest BCUT2D eigenvalue weighted by atomic mass is 32.3. The quantitative estimate of drug-likeness (QED) is 0.0277. The van der Waals surface area contributed by atoms with Gasteiger partial charge < -0.3 is 34.3 Å². The molecule has 0 saturated carbocycles. The Hall–Kier alpha value is -0.900. The molecule has 310 valence electrons. The van der Waals surface area contributed by atoms with Crippen LogP contribution in [0.15, 0.2) is 0 Å². The van der Waals surface area contributed by atoms with Crippen molar-refractivity contribution < 1.29 is 56.2 Å². The Balaban J connectivity index is 2.29. The second kappa shape index (κ2) is 32.4. The lowest BCUT2D eigenvalue weighted by molar-refractivity contribution is -0.301. The molecule has 1 rings (SSSR count). The molecular formula is C39H76O12S. The van der Waals surface area contributed by atoms with Crippen LogP contribution in [0.25, 0.3) is 0 Å². The van der Waals surface area contributed by atoms with Crippen LogP contribution >= 0.6 is 0 Å². The molecule has 13 heteroatoms. The van der Waals surface area contributed by atoms with Gasteiger partial charge in [-0.15, -0.1) is 0 Å². The first-order valence-electron chi connectivity index (χ1n) is 20.8. The van der Waals surface area contributed by atoms with Gasteiger partial charge >= 0.3 is 16.4 Å². The van der Waals surface area contributed by atoms with E-state index in [0.717, 1.165) is 44.9 Å². The molecule has 52 heavy (non-hydrogen) atoms. The molecule has 12 nitrogen and oxygen atoms in total. The van der Waals surface area contributed by atoms with Crippen LogP contribution in [0, 0.1) is 0 Å². The van der Waals surface area contributed by atoms with Gasteiger partial charge in [-0.2, -0.15) is 8.42 Å². The van der Waals surface area contributed by atoms with Crippen LogP contribution in [0.2, 0.25) is 0 Å². The van der Waals surface area contributed by atoms with Gasteiger partial charge in [-0.1, -0.05) is 162 Å². The number of unbranched alkanes of at least 4 members (excludes halogenated alkanes) is 23. The molecular weight excluding hydrogens is 692 g/mol. The van der Waals surface area contributed by atoms with Gasteiger partial charge in [0.25, 0.3) is 0 Å². The van der Waals surface area contributed by atoms with Gasteiger partial charge in [-0.05, 0) is 12.8 Å². The third-order valence-electron chi connectivity index (χ3n) is 9.73. The highest BCUT2D eigenvalue weighted by molar-refractivity contribution is 7.80. The molecule has 1 saturated heterocycles. The fourth-order valence-corrected chi connectivity index (χ4v) is 7.06. The first-order chi connectivity index (χ1) is 25.1. The molecule has 1 aliphatic rings. The number of esters is 1. The standard InChI is InChI=1S/C39H76O12S/c1-3-5-7-9-10-11-12-13-14-15-16-17-18-19-20-21-22-23-25-27-29-47-31-33(49-35(41)28-26-24-8-6-4-2)32-48-39-37(43)38(51-52(44,45)46)36(42)34(30-40)50-39/h33-34,36-40,42-43H,3-32H2,1-2H3,(H,44,45,46). The van der Waals surface area contributed by atoms with Gasteiger partial charge in [0.2, 0.25) is 0 Å². The predicted molar refractivity (Wildman–Crippen MR) is 202 cm³/mol. The van der Waals surface area contributed by atoms with Crippen molar-refractivity contribution in [1.29, 1.82) is 0 Å². The summed E-state index contributed by atoms with van der Waals surface area (Å²) < 4.78 is 58.6. The predicted octanol–water partition coefficient (Wildman–Crippen LogP) is 7.74. The van der Waals surface area contributed by atoms with Crippen LogP contribution < -0.4 is 0 Å². The summed E-state index contributed by atoms with van der Waals surface area (Å²) in [5.74, 6) is -0.408. The fraction of sp³-hybridized carbons (Fsp3) is 0.974. The summed E-state index contributed by atoms with van der Waals surface area (Å²) >= 11 is 0. The maximum atomic E-state index is 12.6. The summed E-state index contributed by atoms with van der Waals surface area (Å²) in [7, 11) is -5.05. The first kappa shape index (κ1) is 49.1. The molecule has 4 N–H and O–H groups in total. The molecule has 0 amide bonds. The number of aliphatic hydroxyl groups is 3. The first-order valence-corrected chi connectivity index (χ1v) is 22.2. The van der Waals surface area contributed by atoms with Crippen LogP contribution in [-0.4, -0.2) is 97.5 Å². The second-order valence-corrected chi connectivity index (χ2v) is 15.6. The zero-order valence-electron chi connectivity index (χ0n) is 32.6. The zero-order valence-corrected chi connectivity index (χ0v) is 33.5. The minimum Gasteiger partial charge on any atom is -0.457 e. The Morgan fingerprint density at radius 3 is 1.54 bits per heavy atom. The van der Waals surface area contributed by atoms with Crippen molar-refractivity contribution in [3.63, 3.8) is 0 Å². The van der Waals surface area contributed by atoms with Crippen molar-refractivity contribution in [2.75, 3.05) is 26.4 Å². The molecule has 0 aromatic carbocycles. The van der Waals surface area contributed by atoms with E-state index >= 15 is 0 Å². The van der Waals surface area contributed by atoms with Gasteiger partial charge in [0.05, 0.1) is 19.8 Å². The van der Waals surface area contributed by atoms with Crippen LogP contribution in [0.3, 0.4) is 0 Å². The second-order valence-electron chi connectivity index (χ2n) is 14.6. The van der Waals surface area contributed by atoms with Gasteiger partial charge in [0.1, 0.15) is 30.5 Å². The molecule has 1 heterocycles. The van der Waals surface area contributed by atoms with Crippen molar-refractivity contribution in [2.24, 2.45) is 0 Å². The monoisotopic (exact) mass is 769 g/mol. The number of aliphatic hydroxyl groups excluding tert-OH is 3. The third kappa shape index (κ3) is 26.0. The molecule has 0 aliphatic carbocycles. The van der Waals surface area contributed by atoms with E-state index in [1.54, 1.807) is 0 Å². The van der Waals surface area contributed by atoms with E-state index in [9.17, 15) is 28.5 Å². The van der Waals surface area contributed by atoms with Crippen LogP contribution in [0.5, 0.6) is 0 Å². The largest absolute Gasteiger partial charge is 0.457 e. The molecule has 6 atom stereocenters. The van der Waals surface area contributed by atoms with E-state index in [4.69, 9.17) is 23.5 Å². The van der Waals surface area contributed by atoms with Crippen molar-refractivity contribution in [3.8, 4) is 0 Å². The lowest BCUT2D eigenvalue weighted by Crippen LogP contribution is -2.60. The third-order valence-corrected chi connectivity index (χ3v) is 10.2. The van der Waals surface area contributed by atoms with Gasteiger partial charge in [-0.25, -0.2) is 4.18 Å². The van der Waals surface area contributed by atoms with Crippen molar-refractivity contribution in [2.45, 2.75) is 218 Å². The Labute approximate surface area is 316 Å². The smallest absolute Gasteiger partial charge is 0.397 e. The Morgan fingerprint density at radius 2 is 1.10 bits per heavy atom. The molecule has 6 unspecified atom stereocenters. The zero-order chi connectivity index (χ0) is 38.3. The Morgan fingerprint density at radius 1 is 0.654 bits per heavy atom. The molecule has 1 aliphatic heterocycles. The summed E-state index contributed by atoms with van der Waals surface area (Å²) in [6.45, 7) is 3.91. The summed E-state index contributed by atoms with van der Waals surface area (Å²) in [5.41, 5.74) is 0. The van der Waals surface area contributed by atoms with Gasteiger partial charge in [0, 0.05) is 13.0 Å². The highest BCUT2D eigenvalue weighted by Gasteiger charge is 2.48. The van der Waals surface area contributed by atoms with Crippen molar-refractivity contribution in [1.82, 2.24) is 0 Å². The molecule has 0 radical (unpaired) electrons.